The molecule has 1 amide bonds. The standard InChI is InChI=1S/C13H19N3O4/c1-13(2,9-14)15-12(17)7-8-20-11-6-4-3-5-10(11)16(18)19/h3-6H,7-9,14H2,1-2H3,(H,15,17). The lowest BCUT2D eigenvalue weighted by Gasteiger charge is -2.24. The second-order valence-electron chi connectivity index (χ2n) is 4.96. The summed E-state index contributed by atoms with van der Waals surface area (Å²) in [6.45, 7) is 4.02. The molecule has 0 aliphatic rings. The fourth-order valence-electron chi connectivity index (χ4n) is 1.47. The summed E-state index contributed by atoms with van der Waals surface area (Å²) in [6, 6.07) is 6.05. The Morgan fingerprint density at radius 2 is 2.10 bits per heavy atom. The Morgan fingerprint density at radius 1 is 1.45 bits per heavy atom. The van der Waals surface area contributed by atoms with Gasteiger partial charge in [0.2, 0.25) is 5.91 Å². The summed E-state index contributed by atoms with van der Waals surface area (Å²) >= 11 is 0. The molecule has 3 N–H and O–H groups in total. The summed E-state index contributed by atoms with van der Waals surface area (Å²) in [5, 5.41) is 13.5. The van der Waals surface area contributed by atoms with E-state index < -0.39 is 10.5 Å². The van der Waals surface area contributed by atoms with Crippen LogP contribution in [0.2, 0.25) is 0 Å². The molecule has 0 aliphatic heterocycles. The van der Waals surface area contributed by atoms with Gasteiger partial charge in [0.25, 0.3) is 0 Å². The largest absolute Gasteiger partial charge is 0.486 e. The van der Waals surface area contributed by atoms with E-state index in [1.165, 1.54) is 12.1 Å². The number of carbonyl (C=O) groups is 1. The van der Waals surface area contributed by atoms with Gasteiger partial charge in [0.15, 0.2) is 5.75 Å². The van der Waals surface area contributed by atoms with Gasteiger partial charge >= 0.3 is 5.69 Å². The molecule has 0 unspecified atom stereocenters. The van der Waals surface area contributed by atoms with Gasteiger partial charge in [-0.3, -0.25) is 14.9 Å². The van der Waals surface area contributed by atoms with Crippen molar-refractivity contribution < 1.29 is 14.5 Å². The minimum Gasteiger partial charge on any atom is -0.486 e. The van der Waals surface area contributed by atoms with Crippen LogP contribution in [-0.4, -0.2) is 29.5 Å². The van der Waals surface area contributed by atoms with E-state index in [9.17, 15) is 14.9 Å². The number of nitrogens with one attached hydrogen (secondary N) is 1. The number of nitro benzene ring substituents is 1. The lowest BCUT2D eigenvalue weighted by Crippen LogP contribution is -2.49. The van der Waals surface area contributed by atoms with Gasteiger partial charge in [0, 0.05) is 18.2 Å². The number of benzene rings is 1. The molecule has 0 radical (unpaired) electrons. The van der Waals surface area contributed by atoms with Gasteiger partial charge in [-0.25, -0.2) is 0 Å². The normalized spacial score (nSPS) is 10.9. The second kappa shape index (κ2) is 6.85. The molecule has 0 aromatic heterocycles. The third kappa shape index (κ3) is 4.85. The smallest absolute Gasteiger partial charge is 0.310 e. The molecular formula is C13H19N3O4. The SMILES string of the molecule is CC(C)(CN)NC(=O)CCOc1ccccc1[N+](=O)[O-]. The number of carbonyl (C=O) groups excluding carboxylic acids is 1. The summed E-state index contributed by atoms with van der Waals surface area (Å²) < 4.78 is 5.28. The Kier molecular flexibility index (Phi) is 5.45. The fraction of sp³-hybridized carbons (Fsp3) is 0.462. The summed E-state index contributed by atoms with van der Waals surface area (Å²) in [7, 11) is 0. The van der Waals surface area contributed by atoms with Crippen LogP contribution in [0.25, 0.3) is 0 Å². The number of ether oxygens (including phenoxy) is 1. The lowest BCUT2D eigenvalue weighted by atomic mass is 10.1. The van der Waals surface area contributed by atoms with Crippen LogP contribution < -0.4 is 15.8 Å². The first kappa shape index (κ1) is 15.9. The molecule has 20 heavy (non-hydrogen) atoms. The van der Waals surface area contributed by atoms with E-state index in [4.69, 9.17) is 10.5 Å². The number of rotatable bonds is 7. The topological polar surface area (TPSA) is 107 Å². The molecule has 0 bridgehead atoms. The molecule has 0 spiro atoms. The number of nitrogens with zero attached hydrogens (tertiary/aromatic N) is 1. The number of hydrogen-bond donors (Lipinski definition) is 2. The molecule has 0 saturated heterocycles. The summed E-state index contributed by atoms with van der Waals surface area (Å²) in [5.41, 5.74) is 4.91. The third-order valence-electron chi connectivity index (χ3n) is 2.64. The fourth-order valence-corrected chi connectivity index (χ4v) is 1.47. The van der Waals surface area contributed by atoms with Crippen LogP contribution >= 0.6 is 0 Å². The van der Waals surface area contributed by atoms with Crippen LogP contribution in [0.3, 0.4) is 0 Å². The average molecular weight is 281 g/mol. The molecule has 7 heteroatoms. The van der Waals surface area contributed by atoms with Crippen LogP contribution in [0.1, 0.15) is 20.3 Å². The first-order chi connectivity index (χ1) is 9.35. The maximum absolute atomic E-state index is 11.6. The highest BCUT2D eigenvalue weighted by atomic mass is 16.6. The van der Waals surface area contributed by atoms with Gasteiger partial charge < -0.3 is 15.8 Å². The molecular weight excluding hydrogens is 262 g/mol. The van der Waals surface area contributed by atoms with Gasteiger partial charge in [0.05, 0.1) is 18.0 Å². The maximum atomic E-state index is 11.6. The zero-order chi connectivity index (χ0) is 15.2. The van der Waals surface area contributed by atoms with Crippen LogP contribution in [-0.2, 0) is 4.79 Å². The van der Waals surface area contributed by atoms with Crippen molar-refractivity contribution in [1.82, 2.24) is 5.32 Å². The Balaban J connectivity index is 2.49. The molecule has 0 heterocycles. The van der Waals surface area contributed by atoms with Crippen molar-refractivity contribution in [3.63, 3.8) is 0 Å². The molecule has 7 nitrogen and oxygen atoms in total. The Morgan fingerprint density at radius 3 is 2.70 bits per heavy atom. The highest BCUT2D eigenvalue weighted by molar-refractivity contribution is 5.76. The maximum Gasteiger partial charge on any atom is 0.310 e. The molecule has 1 aromatic carbocycles. The molecule has 0 fully saturated rings. The molecule has 0 atom stereocenters. The highest BCUT2D eigenvalue weighted by Gasteiger charge is 2.18. The molecule has 1 aromatic rings. The van der Waals surface area contributed by atoms with E-state index in [-0.39, 0.29) is 30.4 Å². The molecule has 110 valence electrons. The van der Waals surface area contributed by atoms with Crippen molar-refractivity contribution >= 4 is 11.6 Å². The Bertz CT molecular complexity index is 488. The molecule has 0 aliphatic carbocycles. The second-order valence-corrected chi connectivity index (χ2v) is 4.96. The van der Waals surface area contributed by atoms with E-state index in [1.54, 1.807) is 12.1 Å². The van der Waals surface area contributed by atoms with Crippen LogP contribution in [0, 0.1) is 10.1 Å². The number of amides is 1. The quantitative estimate of drug-likeness (QED) is 0.577. The summed E-state index contributed by atoms with van der Waals surface area (Å²) in [4.78, 5) is 21.9. The monoisotopic (exact) mass is 281 g/mol. The third-order valence-corrected chi connectivity index (χ3v) is 2.64. The summed E-state index contributed by atoms with van der Waals surface area (Å²) in [6.07, 6.45) is 0.107. The van der Waals surface area contributed by atoms with Gasteiger partial charge in [-0.2, -0.15) is 0 Å². The molecule has 1 rings (SSSR count). The van der Waals surface area contributed by atoms with Gasteiger partial charge in [-0.05, 0) is 19.9 Å². The zero-order valence-electron chi connectivity index (χ0n) is 11.6. The van der Waals surface area contributed by atoms with Gasteiger partial charge in [-0.15, -0.1) is 0 Å². The van der Waals surface area contributed by atoms with Crippen molar-refractivity contribution in [1.29, 1.82) is 0 Å². The first-order valence-corrected chi connectivity index (χ1v) is 6.23. The minimum absolute atomic E-state index is 0.0668. The van der Waals surface area contributed by atoms with E-state index in [1.807, 2.05) is 13.8 Å². The van der Waals surface area contributed by atoms with Crippen molar-refractivity contribution in [2.75, 3.05) is 13.2 Å². The van der Waals surface area contributed by atoms with Crippen molar-refractivity contribution in [2.24, 2.45) is 5.73 Å². The number of nitro groups is 1. The van der Waals surface area contributed by atoms with E-state index in [0.717, 1.165) is 0 Å². The predicted octanol–water partition coefficient (Wildman–Crippen LogP) is 1.22. The Labute approximate surface area is 117 Å². The Hall–Kier alpha value is -2.15. The number of para-hydroxylation sites is 2. The van der Waals surface area contributed by atoms with E-state index in [0.29, 0.717) is 6.54 Å². The minimum atomic E-state index is -0.521. The van der Waals surface area contributed by atoms with Crippen molar-refractivity contribution in [3.05, 3.63) is 34.4 Å². The number of hydrogen-bond acceptors (Lipinski definition) is 5. The first-order valence-electron chi connectivity index (χ1n) is 6.23. The molecule has 0 saturated carbocycles. The number of nitrogens with two attached hydrogens (primary N) is 1. The van der Waals surface area contributed by atoms with Gasteiger partial charge in [-0.1, -0.05) is 12.1 Å². The van der Waals surface area contributed by atoms with Crippen molar-refractivity contribution in [2.45, 2.75) is 25.8 Å². The average Bonchev–Trinajstić information content (AvgIpc) is 2.38. The predicted molar refractivity (Wildman–Crippen MR) is 74.5 cm³/mol. The van der Waals surface area contributed by atoms with Crippen LogP contribution in [0.5, 0.6) is 5.75 Å². The van der Waals surface area contributed by atoms with Crippen LogP contribution in [0.4, 0.5) is 5.69 Å². The van der Waals surface area contributed by atoms with Crippen LogP contribution in [0.15, 0.2) is 24.3 Å². The highest BCUT2D eigenvalue weighted by Crippen LogP contribution is 2.25. The zero-order valence-corrected chi connectivity index (χ0v) is 11.6. The van der Waals surface area contributed by atoms with Crippen molar-refractivity contribution in [3.8, 4) is 5.75 Å². The van der Waals surface area contributed by atoms with E-state index >= 15 is 0 Å². The van der Waals surface area contributed by atoms with E-state index in [2.05, 4.69) is 5.32 Å². The van der Waals surface area contributed by atoms with Gasteiger partial charge in [0.1, 0.15) is 0 Å². The summed E-state index contributed by atoms with van der Waals surface area (Å²) in [5.74, 6) is -0.0533. The lowest BCUT2D eigenvalue weighted by molar-refractivity contribution is -0.385.